The van der Waals surface area contributed by atoms with Crippen LogP contribution < -0.4 is 4.72 Å². The van der Waals surface area contributed by atoms with Crippen molar-refractivity contribution in [3.8, 4) is 0 Å². The van der Waals surface area contributed by atoms with Crippen molar-refractivity contribution in [2.24, 2.45) is 14.1 Å². The first kappa shape index (κ1) is 16.6. The molecule has 0 spiro atoms. The van der Waals surface area contributed by atoms with Gasteiger partial charge in [0.05, 0.1) is 11.4 Å². The Morgan fingerprint density at radius 3 is 2.81 bits per heavy atom. The molecule has 8 heteroatoms. The van der Waals surface area contributed by atoms with Gasteiger partial charge in [-0.15, -0.1) is 11.6 Å². The minimum atomic E-state index is -3.59. The second kappa shape index (κ2) is 6.56. The van der Waals surface area contributed by atoms with Gasteiger partial charge in [-0.25, -0.2) is 13.1 Å². The van der Waals surface area contributed by atoms with E-state index in [-0.39, 0.29) is 10.3 Å². The highest BCUT2D eigenvalue weighted by molar-refractivity contribution is 7.89. The molecule has 0 atom stereocenters. The maximum absolute atomic E-state index is 12.5. The second-order valence-electron chi connectivity index (χ2n) is 5.67. The molecule has 1 aromatic rings. The van der Waals surface area contributed by atoms with E-state index in [0.29, 0.717) is 23.8 Å². The van der Waals surface area contributed by atoms with Gasteiger partial charge < -0.3 is 0 Å². The van der Waals surface area contributed by atoms with E-state index in [9.17, 15) is 8.42 Å². The number of sulfonamides is 1. The molecule has 21 heavy (non-hydrogen) atoms. The molecule has 0 aliphatic carbocycles. The van der Waals surface area contributed by atoms with Crippen molar-refractivity contribution in [1.82, 2.24) is 4.72 Å². The predicted molar refractivity (Wildman–Crippen MR) is 86.9 cm³/mol. The van der Waals surface area contributed by atoms with Crippen molar-refractivity contribution in [2.75, 3.05) is 12.4 Å². The zero-order valence-electron chi connectivity index (χ0n) is 12.0. The average Bonchev–Trinajstić information content (AvgIpc) is 2.91. The number of benzene rings is 1. The minimum Gasteiger partial charge on any atom is -0.211 e. The Hall–Kier alpha value is -0.760. The van der Waals surface area contributed by atoms with Crippen LogP contribution in [0.4, 0.5) is 11.4 Å². The normalized spacial score (nSPS) is 14.0. The average molecular weight is 348 g/mol. The number of fused-ring (bicyclic) bond motifs is 1. The van der Waals surface area contributed by atoms with Gasteiger partial charge in [0.1, 0.15) is 16.3 Å². The highest BCUT2D eigenvalue weighted by Crippen LogP contribution is 2.37. The minimum absolute atomic E-state index is 0.143. The summed E-state index contributed by atoms with van der Waals surface area (Å²) in [6.45, 7) is 4.40. The Morgan fingerprint density at radius 1 is 1.33 bits per heavy atom. The van der Waals surface area contributed by atoms with Crippen LogP contribution >= 0.6 is 11.6 Å². The quantitative estimate of drug-likeness (QED) is 0.775. The molecule has 1 aromatic carbocycles. The topological polar surface area (TPSA) is 70.9 Å². The van der Waals surface area contributed by atoms with Crippen LogP contribution in [0.15, 0.2) is 31.8 Å². The van der Waals surface area contributed by atoms with Gasteiger partial charge in [-0.3, -0.25) is 0 Å². The Bertz CT molecular complexity index is 695. The molecular formula is C13H18ClN3O2S2. The van der Waals surface area contributed by atoms with Crippen LogP contribution in [-0.4, -0.2) is 20.8 Å². The fourth-order valence-electron chi connectivity index (χ4n) is 2.00. The summed E-state index contributed by atoms with van der Waals surface area (Å²) >= 11 is 6.70. The molecule has 0 bridgehead atoms. The lowest BCUT2D eigenvalue weighted by Crippen LogP contribution is -2.34. The third kappa shape index (κ3) is 4.12. The number of hydrogen-bond acceptors (Lipinski definition) is 4. The van der Waals surface area contributed by atoms with E-state index in [1.54, 1.807) is 18.2 Å². The Labute approximate surface area is 134 Å². The molecule has 1 N–H and O–H groups in total. The maximum Gasteiger partial charge on any atom is 0.242 e. The Balaban J connectivity index is 2.14. The number of alkyl halides is 1. The van der Waals surface area contributed by atoms with E-state index in [1.165, 1.54) is 0 Å². The number of nitrogens with one attached hydrogen (secondary N) is 1. The molecule has 116 valence electrons. The van der Waals surface area contributed by atoms with Crippen LogP contribution in [0.3, 0.4) is 0 Å². The van der Waals surface area contributed by atoms with E-state index >= 15 is 0 Å². The van der Waals surface area contributed by atoms with Crippen LogP contribution in [0.5, 0.6) is 0 Å². The molecule has 5 nitrogen and oxygen atoms in total. The van der Waals surface area contributed by atoms with Crippen molar-refractivity contribution in [3.63, 3.8) is 0 Å². The number of hydrogen-bond donors (Lipinski definition) is 1. The largest absolute Gasteiger partial charge is 0.242 e. The van der Waals surface area contributed by atoms with E-state index < -0.39 is 10.0 Å². The molecular weight excluding hydrogens is 330 g/mol. The fourth-order valence-corrected chi connectivity index (χ4v) is 4.14. The van der Waals surface area contributed by atoms with Crippen LogP contribution in [0.1, 0.15) is 26.7 Å². The Kier molecular flexibility index (Phi) is 5.19. The molecule has 0 saturated carbocycles. The number of halogens is 1. The standard InChI is InChI=1S/C13H18ClN3O2S2/c1-13(2,7-4-8-14)9-15-21(18,19)11-6-3-5-10-12(11)17-20-16-10/h3,5-6,15H,4,7-9H2,1-2H3. The smallest absolute Gasteiger partial charge is 0.211 e. The number of nitrogens with zero attached hydrogens (tertiary/aromatic N) is 2. The van der Waals surface area contributed by atoms with E-state index in [4.69, 9.17) is 11.6 Å². The van der Waals surface area contributed by atoms with E-state index in [1.807, 2.05) is 13.8 Å². The zero-order valence-corrected chi connectivity index (χ0v) is 14.4. The Morgan fingerprint density at radius 2 is 2.10 bits per heavy atom. The van der Waals surface area contributed by atoms with Gasteiger partial charge in [0.2, 0.25) is 10.0 Å². The first-order chi connectivity index (χ1) is 9.86. The molecule has 0 amide bonds. The lowest BCUT2D eigenvalue weighted by atomic mass is 9.88. The summed E-state index contributed by atoms with van der Waals surface area (Å²) in [5.41, 5.74) is 0.883. The summed E-state index contributed by atoms with van der Waals surface area (Å²) in [5.74, 6) is 0.583. The van der Waals surface area contributed by atoms with Gasteiger partial charge in [-0.2, -0.15) is 8.73 Å². The molecule has 0 saturated heterocycles. The first-order valence-electron chi connectivity index (χ1n) is 6.63. The molecule has 1 aliphatic heterocycles. The van der Waals surface area contributed by atoms with Crippen LogP contribution in [0.2, 0.25) is 0 Å². The van der Waals surface area contributed by atoms with Crippen molar-refractivity contribution in [3.05, 3.63) is 18.2 Å². The SMILES string of the molecule is CC(C)(CCCCl)CNS(=O)(=O)c1cccc2c1N=S=N2. The lowest BCUT2D eigenvalue weighted by Gasteiger charge is -2.24. The fraction of sp³-hybridized carbons (Fsp3) is 0.538. The van der Waals surface area contributed by atoms with Crippen molar-refractivity contribution in [1.29, 1.82) is 0 Å². The van der Waals surface area contributed by atoms with Crippen LogP contribution in [0, 0.1) is 5.41 Å². The summed E-state index contributed by atoms with van der Waals surface area (Å²) in [4.78, 5) is 0.182. The van der Waals surface area contributed by atoms with E-state index in [2.05, 4.69) is 13.4 Å². The monoisotopic (exact) mass is 347 g/mol. The molecule has 1 aliphatic rings. The third-order valence-electron chi connectivity index (χ3n) is 3.27. The van der Waals surface area contributed by atoms with Gasteiger partial charge in [-0.05, 0) is 30.4 Å². The van der Waals surface area contributed by atoms with Crippen molar-refractivity contribution in [2.45, 2.75) is 31.6 Å². The summed E-state index contributed by atoms with van der Waals surface area (Å²) in [5, 5.41) is 0. The van der Waals surface area contributed by atoms with Gasteiger partial charge in [0.15, 0.2) is 0 Å². The molecule has 2 rings (SSSR count). The third-order valence-corrected chi connectivity index (χ3v) is 5.51. The summed E-state index contributed by atoms with van der Waals surface area (Å²) in [6.07, 6.45) is 1.73. The van der Waals surface area contributed by atoms with Crippen LogP contribution in [-0.2, 0) is 21.4 Å². The van der Waals surface area contributed by atoms with Crippen molar-refractivity contribution >= 4 is 44.4 Å². The van der Waals surface area contributed by atoms with Gasteiger partial charge in [0, 0.05) is 12.4 Å². The molecule has 0 aromatic heterocycles. The lowest BCUT2D eigenvalue weighted by molar-refractivity contribution is 0.331. The van der Waals surface area contributed by atoms with E-state index in [0.717, 1.165) is 24.2 Å². The summed E-state index contributed by atoms with van der Waals surface area (Å²) < 4.78 is 35.7. The van der Waals surface area contributed by atoms with Gasteiger partial charge >= 0.3 is 0 Å². The predicted octanol–water partition coefficient (Wildman–Crippen LogP) is 3.74. The number of rotatable bonds is 7. The maximum atomic E-state index is 12.5. The van der Waals surface area contributed by atoms with Gasteiger partial charge in [0.25, 0.3) is 0 Å². The second-order valence-corrected chi connectivity index (χ2v) is 8.31. The highest BCUT2D eigenvalue weighted by Gasteiger charge is 2.25. The molecule has 1 heterocycles. The van der Waals surface area contributed by atoms with Gasteiger partial charge in [-0.1, -0.05) is 19.9 Å². The highest BCUT2D eigenvalue weighted by atomic mass is 35.5. The molecule has 0 unspecified atom stereocenters. The van der Waals surface area contributed by atoms with Crippen molar-refractivity contribution < 1.29 is 8.42 Å². The van der Waals surface area contributed by atoms with Crippen LogP contribution in [0.25, 0.3) is 0 Å². The summed E-state index contributed by atoms with van der Waals surface area (Å²) in [6, 6.07) is 4.98. The summed E-state index contributed by atoms with van der Waals surface area (Å²) in [7, 11) is -3.59. The molecule has 0 radical (unpaired) electrons. The first-order valence-corrected chi connectivity index (χ1v) is 9.37. The zero-order chi connectivity index (χ0) is 15.5. The molecule has 0 fully saturated rings.